The van der Waals surface area contributed by atoms with E-state index in [9.17, 15) is 9.18 Å². The highest BCUT2D eigenvalue weighted by Crippen LogP contribution is 2.35. The first-order valence-electron chi connectivity index (χ1n) is 12.4. The number of imidazole rings is 1. The summed E-state index contributed by atoms with van der Waals surface area (Å²) in [7, 11) is 0. The molecule has 5 aromatic heterocycles. The second-order valence-electron chi connectivity index (χ2n) is 9.51. The lowest BCUT2D eigenvalue weighted by Gasteiger charge is -2.24. The molecule has 1 aromatic carbocycles. The minimum absolute atomic E-state index is 0.0134. The van der Waals surface area contributed by atoms with Gasteiger partial charge in [-0.1, -0.05) is 6.42 Å². The Balaban J connectivity index is 1.29. The minimum Gasteiger partial charge on any atom is -0.336 e. The summed E-state index contributed by atoms with van der Waals surface area (Å²) < 4.78 is 29.5. The zero-order valence-corrected chi connectivity index (χ0v) is 20.4. The number of H-pyrrole nitrogens is 2. The van der Waals surface area contributed by atoms with Gasteiger partial charge in [0.15, 0.2) is 11.5 Å². The first-order valence-corrected chi connectivity index (χ1v) is 12.4. The summed E-state index contributed by atoms with van der Waals surface area (Å²) >= 11 is 0. The molecule has 0 aliphatic heterocycles. The molecule has 0 saturated heterocycles. The summed E-state index contributed by atoms with van der Waals surface area (Å²) in [5, 5.41) is 10.1. The van der Waals surface area contributed by atoms with Gasteiger partial charge < -0.3 is 10.3 Å². The topological polar surface area (TPSA) is 125 Å². The predicted molar refractivity (Wildman–Crippen MR) is 141 cm³/mol. The van der Waals surface area contributed by atoms with E-state index in [2.05, 4.69) is 40.4 Å². The molecule has 1 fully saturated rings. The smallest absolute Gasteiger partial charge is 0.227 e. The van der Waals surface area contributed by atoms with Gasteiger partial charge in [0.2, 0.25) is 5.91 Å². The molecule has 1 aliphatic carbocycles. The number of carbonyl (C=O) groups is 1. The number of carbonyl (C=O) groups excluding carboxylic acids is 1. The van der Waals surface area contributed by atoms with Crippen molar-refractivity contribution in [2.45, 2.75) is 19.3 Å². The van der Waals surface area contributed by atoms with E-state index in [0.29, 0.717) is 39.4 Å². The van der Waals surface area contributed by atoms with Gasteiger partial charge in [0.05, 0.1) is 28.5 Å². The third-order valence-electron chi connectivity index (χ3n) is 7.06. The quantitative estimate of drug-likeness (QED) is 0.269. The molecule has 1 aliphatic rings. The first-order chi connectivity index (χ1) is 19.0. The number of nitrogens with zero attached hydrogens (tertiary/aromatic N) is 5. The third-order valence-corrected chi connectivity index (χ3v) is 7.06. The van der Waals surface area contributed by atoms with E-state index in [0.717, 1.165) is 19.3 Å². The molecule has 5 heterocycles. The highest BCUT2D eigenvalue weighted by molar-refractivity contribution is 5.97. The number of aromatic amines is 2. The van der Waals surface area contributed by atoms with Gasteiger partial charge in [0.1, 0.15) is 22.8 Å². The Kier molecular flexibility index (Phi) is 5.36. The zero-order chi connectivity index (χ0) is 26.5. The maximum atomic E-state index is 16.1. The number of nitrogens with one attached hydrogen (secondary N) is 3. The van der Waals surface area contributed by atoms with Crippen LogP contribution in [-0.4, -0.2) is 41.0 Å². The molecular weight excluding hydrogens is 502 g/mol. The van der Waals surface area contributed by atoms with Gasteiger partial charge in [-0.25, -0.2) is 18.7 Å². The SMILES string of the molecule is O=C(Nc1cncc(-c2cnc3[nH]nc(-c4nc5c(-c6ccc(F)cc6)nccc5[nH]4)c3c2F)c1)C1CCC1. The fourth-order valence-corrected chi connectivity index (χ4v) is 4.76. The van der Waals surface area contributed by atoms with Crippen LogP contribution >= 0.6 is 0 Å². The van der Waals surface area contributed by atoms with Crippen molar-refractivity contribution in [2.24, 2.45) is 5.92 Å². The molecule has 7 rings (SSSR count). The van der Waals surface area contributed by atoms with E-state index in [-0.39, 0.29) is 39.9 Å². The molecule has 0 atom stereocenters. The van der Waals surface area contributed by atoms with Crippen LogP contribution < -0.4 is 5.32 Å². The van der Waals surface area contributed by atoms with E-state index in [1.54, 1.807) is 30.5 Å². The third kappa shape index (κ3) is 3.99. The van der Waals surface area contributed by atoms with E-state index in [4.69, 9.17) is 0 Å². The summed E-state index contributed by atoms with van der Waals surface area (Å²) in [5.74, 6) is -0.613. The maximum Gasteiger partial charge on any atom is 0.227 e. The van der Waals surface area contributed by atoms with Gasteiger partial charge in [0.25, 0.3) is 0 Å². The van der Waals surface area contributed by atoms with Gasteiger partial charge in [-0.15, -0.1) is 0 Å². The maximum absolute atomic E-state index is 16.1. The van der Waals surface area contributed by atoms with Gasteiger partial charge in [-0.3, -0.25) is 19.9 Å². The molecule has 11 heteroatoms. The van der Waals surface area contributed by atoms with Crippen molar-refractivity contribution >= 4 is 33.7 Å². The largest absolute Gasteiger partial charge is 0.336 e. The van der Waals surface area contributed by atoms with E-state index >= 15 is 4.39 Å². The van der Waals surface area contributed by atoms with E-state index in [1.165, 1.54) is 30.7 Å². The molecular formula is C28H20F2N8O. The number of fused-ring (bicyclic) bond motifs is 2. The van der Waals surface area contributed by atoms with E-state index in [1.807, 2.05) is 0 Å². The van der Waals surface area contributed by atoms with Crippen molar-refractivity contribution in [2.75, 3.05) is 5.32 Å². The molecule has 1 amide bonds. The number of hydrogen-bond donors (Lipinski definition) is 3. The standard InChI is InChI=1S/C28H20F2N8O/c29-17-6-4-14(5-7-17)23-24-20(8-9-32-23)35-27(36-24)25-21-22(30)19(13-33-26(21)38-37-25)16-10-18(12-31-11-16)34-28(39)15-2-1-3-15/h4-13,15H,1-3H2,(H,34,39)(H,35,36)(H,33,37,38). The fourth-order valence-electron chi connectivity index (χ4n) is 4.76. The number of amides is 1. The van der Waals surface area contributed by atoms with Crippen molar-refractivity contribution in [1.82, 2.24) is 35.1 Å². The van der Waals surface area contributed by atoms with Gasteiger partial charge in [-0.2, -0.15) is 5.10 Å². The van der Waals surface area contributed by atoms with Gasteiger partial charge in [-0.05, 0) is 49.2 Å². The molecule has 0 bridgehead atoms. The van der Waals surface area contributed by atoms with Crippen molar-refractivity contribution in [3.63, 3.8) is 0 Å². The van der Waals surface area contributed by atoms with Crippen LogP contribution in [0.25, 0.3) is 56.0 Å². The molecule has 0 spiro atoms. The molecule has 9 nitrogen and oxygen atoms in total. The number of anilines is 1. The average molecular weight is 523 g/mol. The summed E-state index contributed by atoms with van der Waals surface area (Å²) in [5.41, 5.74) is 4.13. The molecule has 192 valence electrons. The second-order valence-corrected chi connectivity index (χ2v) is 9.51. The Bertz CT molecular complexity index is 1870. The molecule has 3 N–H and O–H groups in total. The summed E-state index contributed by atoms with van der Waals surface area (Å²) in [6.45, 7) is 0. The van der Waals surface area contributed by atoms with Crippen molar-refractivity contribution in [3.05, 3.63) is 72.8 Å². The van der Waals surface area contributed by atoms with Crippen LogP contribution in [0.2, 0.25) is 0 Å². The Morgan fingerprint density at radius 3 is 2.62 bits per heavy atom. The average Bonchev–Trinajstić information content (AvgIpc) is 3.53. The summed E-state index contributed by atoms with van der Waals surface area (Å²) in [6.07, 6.45) is 8.89. The lowest BCUT2D eigenvalue weighted by atomic mass is 9.85. The van der Waals surface area contributed by atoms with Crippen molar-refractivity contribution in [3.8, 4) is 33.9 Å². The lowest BCUT2D eigenvalue weighted by molar-refractivity contribution is -0.122. The molecule has 0 unspecified atom stereocenters. The summed E-state index contributed by atoms with van der Waals surface area (Å²) in [4.78, 5) is 33.2. The van der Waals surface area contributed by atoms with Crippen LogP contribution in [0.15, 0.2) is 61.2 Å². The van der Waals surface area contributed by atoms with Crippen molar-refractivity contribution < 1.29 is 13.6 Å². The van der Waals surface area contributed by atoms with E-state index < -0.39 is 5.82 Å². The fraction of sp³-hybridized carbons (Fsp3) is 0.143. The van der Waals surface area contributed by atoms with Gasteiger partial charge in [0, 0.05) is 41.2 Å². The lowest BCUT2D eigenvalue weighted by Crippen LogP contribution is -2.28. The number of halogens is 2. The van der Waals surface area contributed by atoms with Crippen LogP contribution in [0.1, 0.15) is 19.3 Å². The highest BCUT2D eigenvalue weighted by Gasteiger charge is 2.26. The van der Waals surface area contributed by atoms with Crippen LogP contribution in [0, 0.1) is 17.6 Å². The van der Waals surface area contributed by atoms with Crippen LogP contribution in [0.3, 0.4) is 0 Å². The van der Waals surface area contributed by atoms with Gasteiger partial charge >= 0.3 is 0 Å². The number of benzene rings is 1. The number of rotatable bonds is 5. The highest BCUT2D eigenvalue weighted by atomic mass is 19.1. The monoisotopic (exact) mass is 522 g/mol. The second kappa shape index (κ2) is 9.05. The minimum atomic E-state index is -0.551. The number of hydrogen-bond acceptors (Lipinski definition) is 6. The first kappa shape index (κ1) is 23.1. The Labute approximate surface area is 219 Å². The molecule has 1 saturated carbocycles. The van der Waals surface area contributed by atoms with Crippen LogP contribution in [-0.2, 0) is 4.79 Å². The van der Waals surface area contributed by atoms with Crippen molar-refractivity contribution in [1.29, 1.82) is 0 Å². The predicted octanol–water partition coefficient (Wildman–Crippen LogP) is 5.64. The normalized spacial score (nSPS) is 13.6. The zero-order valence-electron chi connectivity index (χ0n) is 20.4. The summed E-state index contributed by atoms with van der Waals surface area (Å²) in [6, 6.07) is 9.40. The van der Waals surface area contributed by atoms with Crippen LogP contribution in [0.5, 0.6) is 0 Å². The Morgan fingerprint density at radius 2 is 1.82 bits per heavy atom. The molecule has 39 heavy (non-hydrogen) atoms. The Morgan fingerprint density at radius 1 is 0.974 bits per heavy atom. The van der Waals surface area contributed by atoms with Crippen LogP contribution in [0.4, 0.5) is 14.5 Å². The molecule has 6 aromatic rings. The Hall–Kier alpha value is -5.06. The molecule has 0 radical (unpaired) electrons. The number of aromatic nitrogens is 7. The number of pyridine rings is 3.